The number of benzene rings is 3. The largest absolute Gasteiger partial charge is 0.497 e. The summed E-state index contributed by atoms with van der Waals surface area (Å²) in [5, 5.41) is 9.20. The lowest BCUT2D eigenvalue weighted by Gasteiger charge is -2.08. The van der Waals surface area contributed by atoms with E-state index < -0.39 is 0 Å². The Balaban J connectivity index is 1.57. The predicted octanol–water partition coefficient (Wildman–Crippen LogP) is 6.28. The first kappa shape index (κ1) is 17.2. The minimum atomic E-state index is 0.619. The first-order chi connectivity index (χ1) is 13.1. The van der Waals surface area contributed by atoms with Crippen molar-refractivity contribution in [2.75, 3.05) is 12.8 Å². The Morgan fingerprint density at radius 2 is 1.81 bits per heavy atom. The molecule has 0 atom stereocenters. The van der Waals surface area contributed by atoms with Crippen molar-refractivity contribution in [1.82, 2.24) is 4.98 Å². The standard InChI is InChI=1S/C21H18N4OS/c1-13-17(4-3-5-18(13)22)14-6-8-15(9-7-14)24-25-21-23-19-11-10-16(26-2)12-20(19)27-21/h3-12H,22H2,1-2H3. The lowest BCUT2D eigenvalue weighted by atomic mass is 9.99. The summed E-state index contributed by atoms with van der Waals surface area (Å²) in [6.45, 7) is 2.03. The maximum atomic E-state index is 6.00. The second kappa shape index (κ2) is 7.17. The van der Waals surface area contributed by atoms with E-state index in [0.29, 0.717) is 5.13 Å². The number of hydrogen-bond donors (Lipinski definition) is 1. The van der Waals surface area contributed by atoms with Crippen molar-refractivity contribution in [3.8, 4) is 16.9 Å². The number of thiazole rings is 1. The highest BCUT2D eigenvalue weighted by atomic mass is 32.1. The molecule has 27 heavy (non-hydrogen) atoms. The van der Waals surface area contributed by atoms with Crippen molar-refractivity contribution in [3.63, 3.8) is 0 Å². The Kier molecular flexibility index (Phi) is 4.56. The van der Waals surface area contributed by atoms with E-state index in [-0.39, 0.29) is 0 Å². The van der Waals surface area contributed by atoms with E-state index in [1.54, 1.807) is 7.11 Å². The molecule has 0 saturated carbocycles. The summed E-state index contributed by atoms with van der Waals surface area (Å²) in [5.74, 6) is 0.807. The number of anilines is 1. The zero-order chi connectivity index (χ0) is 18.8. The molecular formula is C21H18N4OS. The maximum absolute atomic E-state index is 6.00. The minimum Gasteiger partial charge on any atom is -0.497 e. The SMILES string of the molecule is COc1ccc2nc(N=Nc3ccc(-c4cccc(N)c4C)cc3)sc2c1. The Morgan fingerprint density at radius 1 is 1.00 bits per heavy atom. The Labute approximate surface area is 161 Å². The fourth-order valence-corrected chi connectivity index (χ4v) is 3.65. The van der Waals surface area contributed by atoms with E-state index in [9.17, 15) is 0 Å². The molecular weight excluding hydrogens is 356 g/mol. The van der Waals surface area contributed by atoms with Crippen molar-refractivity contribution in [2.24, 2.45) is 10.2 Å². The normalized spacial score (nSPS) is 11.3. The molecule has 0 aliphatic rings. The molecule has 4 aromatic rings. The molecule has 0 bridgehead atoms. The zero-order valence-electron chi connectivity index (χ0n) is 15.0. The van der Waals surface area contributed by atoms with Crippen LogP contribution in [0.3, 0.4) is 0 Å². The Morgan fingerprint density at radius 3 is 2.59 bits per heavy atom. The molecule has 134 valence electrons. The molecule has 1 heterocycles. The molecule has 0 amide bonds. The summed E-state index contributed by atoms with van der Waals surface area (Å²) >= 11 is 1.48. The van der Waals surface area contributed by atoms with Gasteiger partial charge in [0, 0.05) is 5.69 Å². The monoisotopic (exact) mass is 374 g/mol. The van der Waals surface area contributed by atoms with E-state index in [2.05, 4.69) is 21.3 Å². The van der Waals surface area contributed by atoms with Crippen LogP contribution in [0.25, 0.3) is 21.3 Å². The first-order valence-electron chi connectivity index (χ1n) is 8.46. The lowest BCUT2D eigenvalue weighted by Crippen LogP contribution is -1.91. The third kappa shape index (κ3) is 3.52. The van der Waals surface area contributed by atoms with Gasteiger partial charge in [-0.3, -0.25) is 0 Å². The van der Waals surface area contributed by atoms with Gasteiger partial charge in [-0.15, -0.1) is 10.2 Å². The highest BCUT2D eigenvalue weighted by molar-refractivity contribution is 7.21. The molecule has 4 rings (SSSR count). The van der Waals surface area contributed by atoms with Gasteiger partial charge in [-0.25, -0.2) is 4.98 Å². The first-order valence-corrected chi connectivity index (χ1v) is 9.27. The zero-order valence-corrected chi connectivity index (χ0v) is 15.8. The van der Waals surface area contributed by atoms with Crippen LogP contribution in [-0.4, -0.2) is 12.1 Å². The molecule has 2 N–H and O–H groups in total. The van der Waals surface area contributed by atoms with E-state index >= 15 is 0 Å². The summed E-state index contributed by atoms with van der Waals surface area (Å²) in [5.41, 5.74) is 11.8. The average Bonchev–Trinajstić information content (AvgIpc) is 3.11. The second-order valence-corrected chi connectivity index (χ2v) is 7.11. The van der Waals surface area contributed by atoms with E-state index in [1.807, 2.05) is 61.5 Å². The van der Waals surface area contributed by atoms with Gasteiger partial charge in [0.25, 0.3) is 0 Å². The third-order valence-corrected chi connectivity index (χ3v) is 5.29. The van der Waals surface area contributed by atoms with Crippen molar-refractivity contribution in [3.05, 3.63) is 66.2 Å². The van der Waals surface area contributed by atoms with Crippen LogP contribution in [0.2, 0.25) is 0 Å². The topological polar surface area (TPSA) is 72.9 Å². The number of fused-ring (bicyclic) bond motifs is 1. The van der Waals surface area contributed by atoms with Crippen molar-refractivity contribution in [1.29, 1.82) is 0 Å². The number of methoxy groups -OCH3 is 1. The van der Waals surface area contributed by atoms with Crippen LogP contribution in [0.4, 0.5) is 16.5 Å². The number of azo groups is 1. The van der Waals surface area contributed by atoms with Crippen molar-refractivity contribution in [2.45, 2.75) is 6.92 Å². The van der Waals surface area contributed by atoms with Gasteiger partial charge in [0.05, 0.1) is 23.0 Å². The summed E-state index contributed by atoms with van der Waals surface area (Å²) in [6.07, 6.45) is 0. The van der Waals surface area contributed by atoms with Gasteiger partial charge in [0.15, 0.2) is 0 Å². The minimum absolute atomic E-state index is 0.619. The number of nitrogens with two attached hydrogens (primary N) is 1. The predicted molar refractivity (Wildman–Crippen MR) is 111 cm³/mol. The van der Waals surface area contributed by atoms with Crippen LogP contribution in [0.15, 0.2) is 70.9 Å². The van der Waals surface area contributed by atoms with Gasteiger partial charge in [-0.05, 0) is 60.0 Å². The van der Waals surface area contributed by atoms with E-state index in [4.69, 9.17) is 10.5 Å². The van der Waals surface area contributed by atoms with Crippen LogP contribution >= 0.6 is 11.3 Å². The number of rotatable bonds is 4. The average molecular weight is 374 g/mol. The van der Waals surface area contributed by atoms with Gasteiger partial charge in [0.2, 0.25) is 5.13 Å². The molecule has 0 aliphatic carbocycles. The van der Waals surface area contributed by atoms with Gasteiger partial charge >= 0.3 is 0 Å². The summed E-state index contributed by atoms with van der Waals surface area (Å²) < 4.78 is 6.27. The maximum Gasteiger partial charge on any atom is 0.231 e. The van der Waals surface area contributed by atoms with Crippen LogP contribution in [0.1, 0.15) is 5.56 Å². The highest BCUT2D eigenvalue weighted by Crippen LogP contribution is 2.32. The molecule has 0 fully saturated rings. The number of nitrogens with zero attached hydrogens (tertiary/aromatic N) is 3. The molecule has 1 aromatic heterocycles. The fraction of sp³-hybridized carbons (Fsp3) is 0.0952. The summed E-state index contributed by atoms with van der Waals surface area (Å²) in [7, 11) is 1.65. The van der Waals surface area contributed by atoms with Crippen LogP contribution in [-0.2, 0) is 0 Å². The molecule has 0 radical (unpaired) electrons. The summed E-state index contributed by atoms with van der Waals surface area (Å²) in [6, 6.07) is 19.6. The highest BCUT2D eigenvalue weighted by Gasteiger charge is 2.06. The third-order valence-electron chi connectivity index (χ3n) is 4.39. The number of ether oxygens (including phenoxy) is 1. The van der Waals surface area contributed by atoms with Gasteiger partial charge in [-0.1, -0.05) is 35.6 Å². The Bertz CT molecular complexity index is 1130. The Hall–Kier alpha value is -3.25. The lowest BCUT2D eigenvalue weighted by molar-refractivity contribution is 0.415. The van der Waals surface area contributed by atoms with Crippen molar-refractivity contribution >= 4 is 38.1 Å². The van der Waals surface area contributed by atoms with E-state index in [0.717, 1.165) is 44.0 Å². The molecule has 0 spiro atoms. The molecule has 0 aliphatic heterocycles. The quantitative estimate of drug-likeness (QED) is 0.337. The van der Waals surface area contributed by atoms with Crippen LogP contribution < -0.4 is 10.5 Å². The molecule has 0 unspecified atom stereocenters. The second-order valence-electron chi connectivity index (χ2n) is 6.10. The number of nitrogen functional groups attached to an aromatic ring is 1. The summed E-state index contributed by atoms with van der Waals surface area (Å²) in [4.78, 5) is 4.48. The number of aromatic nitrogens is 1. The van der Waals surface area contributed by atoms with Crippen molar-refractivity contribution < 1.29 is 4.74 Å². The van der Waals surface area contributed by atoms with Gasteiger partial charge in [0.1, 0.15) is 5.75 Å². The molecule has 5 nitrogen and oxygen atoms in total. The van der Waals surface area contributed by atoms with E-state index in [1.165, 1.54) is 11.3 Å². The van der Waals surface area contributed by atoms with Crippen LogP contribution in [0, 0.1) is 6.92 Å². The number of hydrogen-bond acceptors (Lipinski definition) is 6. The molecule has 0 saturated heterocycles. The molecule has 3 aromatic carbocycles. The van der Waals surface area contributed by atoms with Crippen LogP contribution in [0.5, 0.6) is 5.75 Å². The fourth-order valence-electron chi connectivity index (χ4n) is 2.84. The van der Waals surface area contributed by atoms with Gasteiger partial charge < -0.3 is 10.5 Å². The molecule has 6 heteroatoms. The van der Waals surface area contributed by atoms with Gasteiger partial charge in [-0.2, -0.15) is 0 Å². The smallest absolute Gasteiger partial charge is 0.231 e.